The number of ether oxygens (including phenoxy) is 7. The number of H-pyrrole nitrogens is 1. The van der Waals surface area contributed by atoms with Crippen LogP contribution < -0.4 is 30.8 Å². The van der Waals surface area contributed by atoms with Crippen LogP contribution in [0.15, 0.2) is 113 Å². The molecule has 3 unspecified atom stereocenters. The summed E-state index contributed by atoms with van der Waals surface area (Å²) in [7, 11) is 6.94. The Morgan fingerprint density at radius 1 is 0.789 bits per heavy atom. The average molecular weight is 1590 g/mol. The lowest BCUT2D eigenvalue weighted by Crippen LogP contribution is -2.68. The zero-order chi connectivity index (χ0) is 79.1. The van der Waals surface area contributed by atoms with E-state index in [0.717, 1.165) is 98.8 Å². The Labute approximate surface area is 643 Å². The van der Waals surface area contributed by atoms with Crippen molar-refractivity contribution in [1.29, 1.82) is 5.26 Å². The van der Waals surface area contributed by atoms with Gasteiger partial charge >= 0.3 is 29.8 Å². The number of aromatic amines is 1. The zero-order valence-corrected chi connectivity index (χ0v) is 66.5. The summed E-state index contributed by atoms with van der Waals surface area (Å²) in [4.78, 5) is 44.5. The second-order valence-electron chi connectivity index (χ2n) is 30.3. The summed E-state index contributed by atoms with van der Waals surface area (Å²) in [6.45, 7) is 14.2. The predicted molar refractivity (Wildman–Crippen MR) is 406 cm³/mol. The van der Waals surface area contributed by atoms with Crippen molar-refractivity contribution in [2.24, 2.45) is 17.3 Å². The number of alkyl halides is 9. The molecule has 602 valence electrons. The quantitative estimate of drug-likeness (QED) is 0.0124. The van der Waals surface area contributed by atoms with E-state index in [-0.39, 0.29) is 85.3 Å². The Hall–Kier alpha value is -5.86. The third-order valence-electron chi connectivity index (χ3n) is 21.9. The number of benzene rings is 4. The second-order valence-corrected chi connectivity index (χ2v) is 35.3. The predicted octanol–water partition coefficient (Wildman–Crippen LogP) is 17.4. The molecular weight excluding hydrogens is 1490 g/mol. The number of nitrogens with zero attached hydrogens (tertiary/aromatic N) is 4. The molecule has 0 radical (unpaired) electrons. The number of methoxy groups -OCH3 is 2. The molecule has 2 heterocycles. The van der Waals surface area contributed by atoms with E-state index in [9.17, 15) is 59.2 Å². The van der Waals surface area contributed by atoms with Crippen molar-refractivity contribution in [3.63, 3.8) is 0 Å². The monoisotopic (exact) mass is 1590 g/mol. The Morgan fingerprint density at radius 2 is 1.41 bits per heavy atom. The van der Waals surface area contributed by atoms with Gasteiger partial charge in [-0.25, -0.2) is 4.79 Å². The van der Waals surface area contributed by atoms with E-state index in [0.29, 0.717) is 48.6 Å². The lowest BCUT2D eigenvalue weighted by atomic mass is 9.55. The first kappa shape index (κ1) is 87.1. The van der Waals surface area contributed by atoms with Gasteiger partial charge in [0.15, 0.2) is 0 Å². The van der Waals surface area contributed by atoms with E-state index in [2.05, 4.69) is 92.4 Å². The summed E-state index contributed by atoms with van der Waals surface area (Å²) >= 11 is 0. The Morgan fingerprint density at radius 3 is 2.04 bits per heavy atom. The number of aryl methyl sites for hydroxylation is 2. The molecule has 1 saturated heterocycles. The van der Waals surface area contributed by atoms with Crippen molar-refractivity contribution in [2.45, 2.75) is 222 Å². The van der Waals surface area contributed by atoms with Gasteiger partial charge in [0, 0.05) is 79.4 Å². The van der Waals surface area contributed by atoms with Crippen LogP contribution in [0.1, 0.15) is 177 Å². The van der Waals surface area contributed by atoms with Crippen molar-refractivity contribution in [3.8, 4) is 23.3 Å². The lowest BCUT2D eigenvalue weighted by Gasteiger charge is -2.50. The molecule has 4 aliphatic rings. The number of unbranched alkanes of at least 4 members (excludes halogenated alkanes) is 3. The highest BCUT2D eigenvalue weighted by Gasteiger charge is 2.85. The van der Waals surface area contributed by atoms with Crippen LogP contribution in [-0.2, 0) is 46.7 Å². The van der Waals surface area contributed by atoms with Crippen LogP contribution in [0.4, 0.5) is 39.5 Å². The highest BCUT2D eigenvalue weighted by Crippen LogP contribution is 2.62. The summed E-state index contributed by atoms with van der Waals surface area (Å²) in [5.41, 5.74) is -3.52. The van der Waals surface area contributed by atoms with E-state index < -0.39 is 80.9 Å². The fourth-order valence-electron chi connectivity index (χ4n) is 16.2. The number of rotatable bonds is 40. The molecule has 9 rings (SSSR count). The van der Waals surface area contributed by atoms with E-state index in [1.807, 2.05) is 100 Å². The van der Waals surface area contributed by atoms with Crippen molar-refractivity contribution < 1.29 is 82.0 Å². The van der Waals surface area contributed by atoms with Crippen LogP contribution in [0.25, 0.3) is 0 Å². The number of fused-ring (bicyclic) bond motifs is 5. The van der Waals surface area contributed by atoms with Gasteiger partial charge in [-0.3, -0.25) is 23.8 Å². The molecule has 4 aromatic carbocycles. The van der Waals surface area contributed by atoms with E-state index in [4.69, 9.17) is 32.9 Å². The largest absolute Gasteiger partial charge is 0.497 e. The number of hydrogen-bond acceptors (Lipinski definition) is 16. The number of hydrogen-bond donors (Lipinski definition) is 2. The molecule has 17 nitrogen and oxygen atoms in total. The summed E-state index contributed by atoms with van der Waals surface area (Å²) < 4.78 is 173. The summed E-state index contributed by atoms with van der Waals surface area (Å²) in [5.74, 6) is 4.16. The van der Waals surface area contributed by atoms with Gasteiger partial charge in [0.2, 0.25) is 5.91 Å². The molecule has 3 fully saturated rings. The van der Waals surface area contributed by atoms with E-state index in [1.165, 1.54) is 33.8 Å². The molecule has 1 amide bonds. The Kier molecular flexibility index (Phi) is 30.6. The normalized spacial score (nSPS) is 21.5. The van der Waals surface area contributed by atoms with Crippen molar-refractivity contribution in [1.82, 2.24) is 24.4 Å². The molecule has 29 heteroatoms. The molecule has 0 bridgehead atoms. The van der Waals surface area contributed by atoms with Gasteiger partial charge in [-0.05, 0) is 200 Å². The zero-order valence-electron chi connectivity index (χ0n) is 63.9. The standard InChI is InChI=1S/C80H106F9N6O11PS2/c1-53(2)95(54(3)4)107(47-18-40-90)106-67-50-71(105-68(67)52-104-76(57-19-14-13-15-20-57,58-23-27-60(99-9)28-24-58)59-25-29-61(100-10)30-26-59)94-51-56(72(97)92-73(94)98)22-36-70(96)91-41-16-11-12-17-48-108-109-74(5,6)39-44-101-62-31-33-63-55(49-62)21-32-65-64(63)37-38-75(7)66(65)34-35-69(75)102-45-42-93(8)43-46-103-77(78(81,82)83,79(84,85)86)80(87,88)89/h13-15,19-20,23-31,33,49,51,53-54,64-69,71H,11-12,16-18,21-22,32,34-39,41-48,50,52H2,1-10H3,(H,91,96)(H,92,97,98)/t64?,65?,66-,67-,68+,69-,71+,75-,107?/m0/s1. The van der Waals surface area contributed by atoms with Gasteiger partial charge in [-0.15, -0.1) is 0 Å². The number of amides is 1. The number of halogens is 9. The minimum atomic E-state index is -6.77. The minimum Gasteiger partial charge on any atom is -0.497 e. The van der Waals surface area contributed by atoms with E-state index >= 15 is 0 Å². The van der Waals surface area contributed by atoms with Crippen molar-refractivity contribution in [2.75, 3.05) is 79.2 Å². The average Bonchev–Trinajstić information content (AvgIpc) is 1.47. The topological polar surface area (TPSA) is 188 Å². The van der Waals surface area contributed by atoms with Crippen LogP contribution in [0.2, 0.25) is 0 Å². The van der Waals surface area contributed by atoms with Crippen LogP contribution in [0.5, 0.6) is 17.2 Å². The number of carbonyl (C=O) groups is 1. The first-order valence-electron chi connectivity index (χ1n) is 37.8. The number of carbonyl (C=O) groups excluding carboxylic acids is 1. The molecule has 1 aliphatic heterocycles. The van der Waals surface area contributed by atoms with Crippen LogP contribution in [0, 0.1) is 28.6 Å². The first-order valence-corrected chi connectivity index (χ1v) is 41.5. The van der Waals surface area contributed by atoms with Gasteiger partial charge in [-0.2, -0.15) is 44.8 Å². The number of nitriles is 1. The van der Waals surface area contributed by atoms with Gasteiger partial charge < -0.3 is 47.9 Å². The molecule has 2 N–H and O–H groups in total. The molecule has 2 saturated carbocycles. The van der Waals surface area contributed by atoms with Gasteiger partial charge in [0.05, 0.1) is 58.9 Å². The first-order chi connectivity index (χ1) is 51.7. The number of likely N-dealkylation sites (N-methyl/N-ethyl adjacent to an activating group) is 1. The lowest BCUT2D eigenvalue weighted by molar-refractivity contribution is -0.457. The smallest absolute Gasteiger partial charge is 0.435 e. The molecular formula is C80H106F9N6O11PS2. The Bertz CT molecular complexity index is 3790. The fraction of sp³-hybridized carbons (Fsp3) is 0.625. The van der Waals surface area contributed by atoms with E-state index in [1.54, 1.807) is 14.2 Å². The fourth-order valence-corrected chi connectivity index (χ4v) is 21.3. The minimum absolute atomic E-state index is 0.0146. The summed E-state index contributed by atoms with van der Waals surface area (Å²) in [5, 5.41) is 12.9. The van der Waals surface area contributed by atoms with Crippen molar-refractivity contribution >= 4 is 35.8 Å². The molecule has 5 aromatic rings. The van der Waals surface area contributed by atoms with Gasteiger partial charge in [0.25, 0.3) is 5.56 Å². The third kappa shape index (κ3) is 21.1. The molecule has 0 spiro atoms. The molecule has 109 heavy (non-hydrogen) atoms. The van der Waals surface area contributed by atoms with Crippen molar-refractivity contribution in [3.05, 3.63) is 157 Å². The highest BCUT2D eigenvalue weighted by molar-refractivity contribution is 8.77. The van der Waals surface area contributed by atoms with Crippen LogP contribution in [-0.4, -0.2) is 164 Å². The second kappa shape index (κ2) is 38.3. The highest BCUT2D eigenvalue weighted by atomic mass is 33.1. The maximum atomic E-state index is 13.9. The van der Waals surface area contributed by atoms with Crippen LogP contribution >= 0.6 is 29.9 Å². The summed E-state index contributed by atoms with van der Waals surface area (Å²) in [6.07, 6.45) is -10.1. The maximum Gasteiger partial charge on any atom is 0.435 e. The van der Waals surface area contributed by atoms with Gasteiger partial charge in [-0.1, -0.05) is 102 Å². The molecule has 3 aliphatic carbocycles. The molecule has 1 aromatic heterocycles. The third-order valence-corrected chi connectivity index (χ3v) is 27.9. The molecule has 9 atom stereocenters. The SMILES string of the molecule is COc1ccc(C(OC[C@H]2O[C@@H](n3cc(CCC(=O)NCCCCCCSSC(C)(C)CCOc4ccc5c(c4)CCC4C5CC[C@]5(C)[C@@H](OCCN(C)CCOC(C(F)(F)F)(C(F)(F)F)C(F)(F)F)CC[C@@H]45)c(=O)[nH]c3=O)C[C@@H]2OP(CCC#N)N(C(C)C)C(C)C)(c2ccccc2)c2ccc(OC)cc2)cc1. The Balaban J connectivity index is 0.703. The van der Waals surface area contributed by atoms with Gasteiger partial charge in [0.1, 0.15) is 43.5 Å². The van der Waals surface area contributed by atoms with Crippen LogP contribution in [0.3, 0.4) is 0 Å². The summed E-state index contributed by atoms with van der Waals surface area (Å²) in [6, 6.07) is 34.3. The number of nitrogens with one attached hydrogen (secondary N) is 2. The number of aromatic nitrogens is 2. The maximum absolute atomic E-state index is 13.9.